The van der Waals surface area contributed by atoms with Crippen LogP contribution in [0.2, 0.25) is 0 Å². The van der Waals surface area contributed by atoms with Crippen LogP contribution in [0.1, 0.15) is 53.5 Å². The van der Waals surface area contributed by atoms with Crippen LogP contribution in [0.25, 0.3) is 0 Å². The summed E-state index contributed by atoms with van der Waals surface area (Å²) in [6.45, 7) is 4.47. The van der Waals surface area contributed by atoms with Crippen molar-refractivity contribution >= 4 is 11.3 Å². The maximum absolute atomic E-state index is 3.55. The Hall–Kier alpha value is -0.340. The molecule has 0 saturated heterocycles. The number of hydrogen-bond acceptors (Lipinski definition) is 2. The lowest BCUT2D eigenvalue weighted by Gasteiger charge is -2.30. The van der Waals surface area contributed by atoms with Gasteiger partial charge in [0.2, 0.25) is 0 Å². The van der Waals surface area contributed by atoms with Gasteiger partial charge in [0.05, 0.1) is 0 Å². The van der Waals surface area contributed by atoms with E-state index < -0.39 is 0 Å². The summed E-state index contributed by atoms with van der Waals surface area (Å²) in [5.41, 5.74) is 1.48. The van der Waals surface area contributed by atoms with Gasteiger partial charge in [-0.15, -0.1) is 11.3 Å². The standard InChI is InChI=1S/C14H23NS/c1-10-9-11(2)16-14(10)13(15-3)12-7-5-4-6-8-12/h9,12-13,15H,4-8H2,1-3H3. The lowest BCUT2D eigenvalue weighted by atomic mass is 9.83. The van der Waals surface area contributed by atoms with Gasteiger partial charge in [0, 0.05) is 15.8 Å². The van der Waals surface area contributed by atoms with Crippen LogP contribution in [0.4, 0.5) is 0 Å². The molecule has 0 aliphatic heterocycles. The number of rotatable bonds is 3. The normalized spacial score (nSPS) is 19.9. The molecule has 1 aliphatic rings. The zero-order valence-corrected chi connectivity index (χ0v) is 11.5. The first kappa shape index (κ1) is 12.1. The Morgan fingerprint density at radius 3 is 2.44 bits per heavy atom. The summed E-state index contributed by atoms with van der Waals surface area (Å²) in [5.74, 6) is 0.857. The van der Waals surface area contributed by atoms with Crippen molar-refractivity contribution in [3.63, 3.8) is 0 Å². The summed E-state index contributed by atoms with van der Waals surface area (Å²) < 4.78 is 0. The molecule has 0 amide bonds. The van der Waals surface area contributed by atoms with Gasteiger partial charge >= 0.3 is 0 Å². The maximum Gasteiger partial charge on any atom is 0.0443 e. The van der Waals surface area contributed by atoms with E-state index in [1.807, 2.05) is 11.3 Å². The van der Waals surface area contributed by atoms with Gasteiger partial charge in [-0.1, -0.05) is 19.3 Å². The Bertz CT molecular complexity index is 337. The minimum absolute atomic E-state index is 0.596. The van der Waals surface area contributed by atoms with Gasteiger partial charge in [-0.05, 0) is 51.3 Å². The average Bonchev–Trinajstić information content (AvgIpc) is 2.61. The Kier molecular flexibility index (Phi) is 4.04. The van der Waals surface area contributed by atoms with Crippen molar-refractivity contribution in [2.75, 3.05) is 7.05 Å². The van der Waals surface area contributed by atoms with E-state index in [-0.39, 0.29) is 0 Å². The molecule has 1 aromatic rings. The predicted molar refractivity (Wildman–Crippen MR) is 72.2 cm³/mol. The summed E-state index contributed by atoms with van der Waals surface area (Å²) in [4.78, 5) is 3.02. The molecular weight excluding hydrogens is 214 g/mol. The monoisotopic (exact) mass is 237 g/mol. The van der Waals surface area contributed by atoms with Crippen LogP contribution >= 0.6 is 11.3 Å². The van der Waals surface area contributed by atoms with Crippen molar-refractivity contribution in [3.8, 4) is 0 Å². The predicted octanol–water partition coefficient (Wildman–Crippen LogP) is 4.21. The van der Waals surface area contributed by atoms with E-state index in [9.17, 15) is 0 Å². The Morgan fingerprint density at radius 1 is 1.25 bits per heavy atom. The van der Waals surface area contributed by atoms with Crippen LogP contribution < -0.4 is 5.32 Å². The molecule has 1 unspecified atom stereocenters. The second kappa shape index (κ2) is 5.33. The van der Waals surface area contributed by atoms with Crippen LogP contribution in [0, 0.1) is 19.8 Å². The molecule has 0 bridgehead atoms. The third-order valence-corrected chi connectivity index (χ3v) is 5.03. The minimum Gasteiger partial charge on any atom is -0.312 e. The summed E-state index contributed by atoms with van der Waals surface area (Å²) >= 11 is 1.98. The molecule has 1 nitrogen and oxygen atoms in total. The molecule has 1 N–H and O–H groups in total. The average molecular weight is 237 g/mol. The van der Waals surface area contributed by atoms with E-state index in [4.69, 9.17) is 0 Å². The van der Waals surface area contributed by atoms with Crippen LogP contribution in [-0.4, -0.2) is 7.05 Å². The Labute approximate surface area is 103 Å². The molecule has 1 fully saturated rings. The van der Waals surface area contributed by atoms with E-state index in [2.05, 4.69) is 32.3 Å². The fourth-order valence-corrected chi connectivity index (χ4v) is 4.26. The SMILES string of the molecule is CNC(c1sc(C)cc1C)C1CCCCC1. The second-order valence-electron chi connectivity index (χ2n) is 5.07. The molecule has 1 aromatic heterocycles. The van der Waals surface area contributed by atoms with Crippen molar-refractivity contribution in [1.29, 1.82) is 0 Å². The summed E-state index contributed by atoms with van der Waals surface area (Å²) in [6.07, 6.45) is 7.09. The second-order valence-corrected chi connectivity index (χ2v) is 6.36. The van der Waals surface area contributed by atoms with Crippen LogP contribution in [0.3, 0.4) is 0 Å². The van der Waals surface area contributed by atoms with Crippen molar-refractivity contribution in [1.82, 2.24) is 5.32 Å². The first-order chi connectivity index (χ1) is 7.72. The van der Waals surface area contributed by atoms with E-state index in [0.717, 1.165) is 5.92 Å². The van der Waals surface area contributed by atoms with E-state index >= 15 is 0 Å². The van der Waals surface area contributed by atoms with Gasteiger partial charge in [-0.25, -0.2) is 0 Å². The first-order valence-electron chi connectivity index (χ1n) is 6.46. The smallest absolute Gasteiger partial charge is 0.0443 e. The molecular formula is C14H23NS. The topological polar surface area (TPSA) is 12.0 Å². The highest BCUT2D eigenvalue weighted by molar-refractivity contribution is 7.12. The van der Waals surface area contributed by atoms with Gasteiger partial charge in [-0.3, -0.25) is 0 Å². The van der Waals surface area contributed by atoms with Crippen molar-refractivity contribution in [2.24, 2.45) is 5.92 Å². The molecule has 1 atom stereocenters. The lowest BCUT2D eigenvalue weighted by molar-refractivity contribution is 0.284. The summed E-state index contributed by atoms with van der Waals surface area (Å²) in [5, 5.41) is 3.55. The zero-order valence-electron chi connectivity index (χ0n) is 10.7. The summed E-state index contributed by atoms with van der Waals surface area (Å²) in [7, 11) is 2.12. The third kappa shape index (κ3) is 2.49. The van der Waals surface area contributed by atoms with Gasteiger partial charge in [-0.2, -0.15) is 0 Å². The maximum atomic E-state index is 3.55. The highest BCUT2D eigenvalue weighted by Gasteiger charge is 2.25. The molecule has 0 spiro atoms. The van der Waals surface area contributed by atoms with Crippen LogP contribution in [0.15, 0.2) is 6.07 Å². The number of thiophene rings is 1. The van der Waals surface area contributed by atoms with Crippen molar-refractivity contribution in [2.45, 2.75) is 52.0 Å². The van der Waals surface area contributed by atoms with E-state index in [0.29, 0.717) is 6.04 Å². The highest BCUT2D eigenvalue weighted by atomic mass is 32.1. The number of nitrogens with one attached hydrogen (secondary N) is 1. The quantitative estimate of drug-likeness (QED) is 0.830. The Morgan fingerprint density at radius 2 is 1.94 bits per heavy atom. The Balaban J connectivity index is 2.17. The minimum atomic E-state index is 0.596. The fraction of sp³-hybridized carbons (Fsp3) is 0.714. The number of hydrogen-bond donors (Lipinski definition) is 1. The molecule has 1 heterocycles. The van der Waals surface area contributed by atoms with Crippen LogP contribution in [-0.2, 0) is 0 Å². The van der Waals surface area contributed by atoms with E-state index in [1.165, 1.54) is 42.5 Å². The molecule has 90 valence electrons. The first-order valence-corrected chi connectivity index (χ1v) is 7.28. The molecule has 2 heteroatoms. The fourth-order valence-electron chi connectivity index (χ4n) is 3.02. The zero-order chi connectivity index (χ0) is 11.5. The largest absolute Gasteiger partial charge is 0.312 e. The third-order valence-electron chi connectivity index (χ3n) is 3.79. The lowest BCUT2D eigenvalue weighted by Crippen LogP contribution is -2.26. The molecule has 1 saturated carbocycles. The molecule has 0 aromatic carbocycles. The van der Waals surface area contributed by atoms with Gasteiger partial charge in [0.25, 0.3) is 0 Å². The van der Waals surface area contributed by atoms with Gasteiger partial charge < -0.3 is 5.32 Å². The molecule has 2 rings (SSSR count). The van der Waals surface area contributed by atoms with Crippen molar-refractivity contribution < 1.29 is 0 Å². The molecule has 16 heavy (non-hydrogen) atoms. The van der Waals surface area contributed by atoms with Gasteiger partial charge in [0.1, 0.15) is 0 Å². The summed E-state index contributed by atoms with van der Waals surface area (Å²) in [6, 6.07) is 2.92. The molecule has 0 radical (unpaired) electrons. The van der Waals surface area contributed by atoms with Crippen molar-refractivity contribution in [3.05, 3.63) is 21.4 Å². The van der Waals surface area contributed by atoms with Crippen LogP contribution in [0.5, 0.6) is 0 Å². The molecule has 1 aliphatic carbocycles. The van der Waals surface area contributed by atoms with E-state index in [1.54, 1.807) is 4.88 Å². The highest BCUT2D eigenvalue weighted by Crippen LogP contribution is 2.38. The van der Waals surface area contributed by atoms with Gasteiger partial charge in [0.15, 0.2) is 0 Å². The number of aryl methyl sites for hydroxylation is 2.